The van der Waals surface area contributed by atoms with Crippen molar-refractivity contribution in [3.8, 4) is 0 Å². The Labute approximate surface area is 149 Å². The van der Waals surface area contributed by atoms with E-state index in [0.29, 0.717) is 16.1 Å². The lowest BCUT2D eigenvalue weighted by atomic mass is 10.1. The highest BCUT2D eigenvalue weighted by Gasteiger charge is 2.15. The lowest BCUT2D eigenvalue weighted by Crippen LogP contribution is -2.20. The van der Waals surface area contributed by atoms with Crippen LogP contribution in [0.25, 0.3) is 10.9 Å². The number of hydrogen-bond donors (Lipinski definition) is 2. The van der Waals surface area contributed by atoms with Crippen LogP contribution in [0.4, 0.5) is 5.95 Å². The van der Waals surface area contributed by atoms with Crippen molar-refractivity contribution >= 4 is 38.3 Å². The van der Waals surface area contributed by atoms with E-state index < -0.39 is 15.9 Å². The highest BCUT2D eigenvalue weighted by Crippen LogP contribution is 2.23. The topological polar surface area (TPSA) is 105 Å². The monoisotopic (exact) mass is 378 g/mol. The van der Waals surface area contributed by atoms with E-state index in [1.54, 1.807) is 25.1 Å². The van der Waals surface area contributed by atoms with Gasteiger partial charge in [-0.1, -0.05) is 23.7 Å². The standard InChI is InChI=1S/C16H15ClN4O3S/c1-9(19-16-18-7-6-13(20-16)25(2,23)24)11-8-10-4-3-5-12(17)14(10)21-15(11)22/h3-9H,1-2H3,(H,21,22)(H,18,19,20)/t9-/m0/s1. The van der Waals surface area contributed by atoms with Crippen molar-refractivity contribution in [3.05, 3.63) is 57.5 Å². The number of halogens is 1. The van der Waals surface area contributed by atoms with Gasteiger partial charge in [-0.3, -0.25) is 4.79 Å². The molecule has 0 aliphatic heterocycles. The molecule has 2 aromatic heterocycles. The molecule has 0 bridgehead atoms. The first kappa shape index (κ1) is 17.4. The number of pyridine rings is 1. The molecule has 0 aliphatic carbocycles. The first-order valence-electron chi connectivity index (χ1n) is 7.37. The highest BCUT2D eigenvalue weighted by molar-refractivity contribution is 7.90. The molecule has 3 rings (SSSR count). The van der Waals surface area contributed by atoms with Gasteiger partial charge in [0.05, 0.1) is 16.6 Å². The lowest BCUT2D eigenvalue weighted by Gasteiger charge is -2.14. The molecular formula is C16H15ClN4O3S. The molecule has 9 heteroatoms. The summed E-state index contributed by atoms with van der Waals surface area (Å²) in [5.74, 6) is 0.126. The van der Waals surface area contributed by atoms with Gasteiger partial charge in [0.25, 0.3) is 5.56 Å². The molecule has 0 unspecified atom stereocenters. The molecule has 1 aromatic carbocycles. The molecule has 0 aliphatic rings. The first-order valence-corrected chi connectivity index (χ1v) is 9.64. The number of aromatic nitrogens is 3. The van der Waals surface area contributed by atoms with Crippen LogP contribution in [0.1, 0.15) is 18.5 Å². The maximum absolute atomic E-state index is 12.4. The van der Waals surface area contributed by atoms with E-state index in [0.717, 1.165) is 11.6 Å². The number of fused-ring (bicyclic) bond motifs is 1. The summed E-state index contributed by atoms with van der Waals surface area (Å²) in [6, 6.07) is 7.94. The minimum Gasteiger partial charge on any atom is -0.347 e. The van der Waals surface area contributed by atoms with Gasteiger partial charge in [0.15, 0.2) is 14.9 Å². The van der Waals surface area contributed by atoms with Crippen LogP contribution in [0.2, 0.25) is 5.02 Å². The summed E-state index contributed by atoms with van der Waals surface area (Å²) in [5.41, 5.74) is 0.739. The van der Waals surface area contributed by atoms with Crippen LogP contribution < -0.4 is 10.9 Å². The summed E-state index contributed by atoms with van der Waals surface area (Å²) in [6.07, 6.45) is 2.42. The van der Waals surface area contributed by atoms with E-state index in [2.05, 4.69) is 20.3 Å². The average molecular weight is 379 g/mol. The molecule has 0 saturated carbocycles. The van der Waals surface area contributed by atoms with E-state index in [1.165, 1.54) is 12.3 Å². The van der Waals surface area contributed by atoms with Crippen molar-refractivity contribution in [1.29, 1.82) is 0 Å². The third-order valence-corrected chi connectivity index (χ3v) is 4.98. The molecule has 2 heterocycles. The molecule has 25 heavy (non-hydrogen) atoms. The number of anilines is 1. The zero-order chi connectivity index (χ0) is 18.2. The Hall–Kier alpha value is -2.45. The molecular weight excluding hydrogens is 364 g/mol. The molecule has 0 saturated heterocycles. The number of sulfone groups is 1. The van der Waals surface area contributed by atoms with E-state index in [9.17, 15) is 13.2 Å². The molecule has 0 radical (unpaired) electrons. The van der Waals surface area contributed by atoms with Crippen molar-refractivity contribution in [2.24, 2.45) is 0 Å². The van der Waals surface area contributed by atoms with Crippen molar-refractivity contribution in [2.75, 3.05) is 11.6 Å². The molecule has 2 N–H and O–H groups in total. The smallest absolute Gasteiger partial charge is 0.253 e. The number of rotatable bonds is 4. The fourth-order valence-corrected chi connectivity index (χ4v) is 3.21. The van der Waals surface area contributed by atoms with E-state index in [-0.39, 0.29) is 16.5 Å². The second-order valence-corrected chi connectivity index (χ2v) is 7.98. The first-order chi connectivity index (χ1) is 11.8. The van der Waals surface area contributed by atoms with Gasteiger partial charge in [0, 0.05) is 23.4 Å². The maximum atomic E-state index is 12.4. The minimum absolute atomic E-state index is 0.0867. The summed E-state index contributed by atoms with van der Waals surface area (Å²) < 4.78 is 23.2. The molecule has 0 fully saturated rings. The SMILES string of the molecule is C[C@H](Nc1nccc(S(C)(=O)=O)n1)c1cc2cccc(Cl)c2[nH]c1=O. The Balaban J connectivity index is 1.97. The fraction of sp³-hybridized carbons (Fsp3) is 0.188. The predicted molar refractivity (Wildman–Crippen MR) is 96.8 cm³/mol. The number of aromatic amines is 1. The summed E-state index contributed by atoms with van der Waals surface area (Å²) in [7, 11) is -3.44. The van der Waals surface area contributed by atoms with Crippen LogP contribution in [-0.2, 0) is 9.84 Å². The number of nitrogens with zero attached hydrogens (tertiary/aromatic N) is 2. The third-order valence-electron chi connectivity index (χ3n) is 3.68. The summed E-state index contributed by atoms with van der Waals surface area (Å²) in [6.45, 7) is 1.76. The molecule has 7 nitrogen and oxygen atoms in total. The molecule has 0 amide bonds. The number of nitrogens with one attached hydrogen (secondary N) is 2. The third kappa shape index (κ3) is 3.64. The Morgan fingerprint density at radius 2 is 2.04 bits per heavy atom. The number of benzene rings is 1. The van der Waals surface area contributed by atoms with Gasteiger partial charge in [-0.15, -0.1) is 0 Å². The second kappa shape index (κ2) is 6.45. The number of hydrogen-bond acceptors (Lipinski definition) is 6. The quantitative estimate of drug-likeness (QED) is 0.676. The summed E-state index contributed by atoms with van der Waals surface area (Å²) in [5, 5.41) is 4.12. The van der Waals surface area contributed by atoms with Gasteiger partial charge in [0.1, 0.15) is 0 Å². The minimum atomic E-state index is -3.44. The predicted octanol–water partition coefficient (Wildman–Crippen LogP) is 2.55. The van der Waals surface area contributed by atoms with Gasteiger partial charge in [-0.25, -0.2) is 18.4 Å². The van der Waals surface area contributed by atoms with Crippen LogP contribution in [0.5, 0.6) is 0 Å². The van der Waals surface area contributed by atoms with E-state index in [4.69, 9.17) is 11.6 Å². The van der Waals surface area contributed by atoms with Crippen LogP contribution in [0.3, 0.4) is 0 Å². The van der Waals surface area contributed by atoms with Gasteiger partial charge >= 0.3 is 0 Å². The molecule has 1 atom stereocenters. The summed E-state index contributed by atoms with van der Waals surface area (Å²) in [4.78, 5) is 23.1. The van der Waals surface area contributed by atoms with Crippen molar-refractivity contribution in [3.63, 3.8) is 0 Å². The Morgan fingerprint density at radius 3 is 2.76 bits per heavy atom. The average Bonchev–Trinajstić information content (AvgIpc) is 2.54. The van der Waals surface area contributed by atoms with Gasteiger partial charge in [-0.2, -0.15) is 0 Å². The summed E-state index contributed by atoms with van der Waals surface area (Å²) >= 11 is 6.09. The zero-order valence-corrected chi connectivity index (χ0v) is 15.0. The van der Waals surface area contributed by atoms with Crippen LogP contribution in [0, 0.1) is 0 Å². The van der Waals surface area contributed by atoms with Crippen molar-refractivity contribution in [1.82, 2.24) is 15.0 Å². The zero-order valence-electron chi connectivity index (χ0n) is 13.4. The fourth-order valence-electron chi connectivity index (χ4n) is 2.42. The maximum Gasteiger partial charge on any atom is 0.253 e. The number of H-pyrrole nitrogens is 1. The Kier molecular flexibility index (Phi) is 4.49. The highest BCUT2D eigenvalue weighted by atomic mass is 35.5. The largest absolute Gasteiger partial charge is 0.347 e. The normalized spacial score (nSPS) is 12.9. The second-order valence-electron chi connectivity index (χ2n) is 5.61. The van der Waals surface area contributed by atoms with Gasteiger partial charge in [0.2, 0.25) is 5.95 Å². The molecule has 0 spiro atoms. The van der Waals surface area contributed by atoms with Crippen LogP contribution >= 0.6 is 11.6 Å². The molecule has 3 aromatic rings. The number of para-hydroxylation sites is 1. The van der Waals surface area contributed by atoms with Crippen LogP contribution in [0.15, 0.2) is 46.3 Å². The van der Waals surface area contributed by atoms with Crippen molar-refractivity contribution < 1.29 is 8.42 Å². The van der Waals surface area contributed by atoms with E-state index in [1.807, 2.05) is 6.07 Å². The Morgan fingerprint density at radius 1 is 1.28 bits per heavy atom. The van der Waals surface area contributed by atoms with Crippen molar-refractivity contribution in [2.45, 2.75) is 18.0 Å². The Bertz CT molecular complexity index is 1110. The van der Waals surface area contributed by atoms with Gasteiger partial charge in [-0.05, 0) is 25.1 Å². The van der Waals surface area contributed by atoms with Crippen LogP contribution in [-0.4, -0.2) is 29.6 Å². The van der Waals surface area contributed by atoms with Gasteiger partial charge < -0.3 is 10.3 Å². The van der Waals surface area contributed by atoms with E-state index >= 15 is 0 Å². The lowest BCUT2D eigenvalue weighted by molar-refractivity contribution is 0.598. The molecule has 130 valence electrons.